The maximum atomic E-state index is 12.5. The van der Waals surface area contributed by atoms with Gasteiger partial charge in [-0.25, -0.2) is 0 Å². The summed E-state index contributed by atoms with van der Waals surface area (Å²) in [5, 5.41) is 23.2. The highest BCUT2D eigenvalue weighted by Crippen LogP contribution is 2.17. The van der Waals surface area contributed by atoms with E-state index in [2.05, 4.69) is 55.6 Å². The van der Waals surface area contributed by atoms with Crippen molar-refractivity contribution < 1.29 is 24.5 Å². The Morgan fingerprint density at radius 3 is 1.11 bits per heavy atom. The second-order valence-corrected chi connectivity index (χ2v) is 21.7. The van der Waals surface area contributed by atoms with Crippen molar-refractivity contribution in [2.24, 2.45) is 0 Å². The molecule has 2 atom stereocenters. The molecule has 6 nitrogen and oxygen atoms in total. The van der Waals surface area contributed by atoms with Crippen LogP contribution < -0.4 is 5.32 Å². The largest absolute Gasteiger partial charge is 0.466 e. The molecule has 1 amide bonds. The van der Waals surface area contributed by atoms with E-state index in [4.69, 9.17) is 4.74 Å². The quantitative estimate of drug-likeness (QED) is 0.0320. The van der Waals surface area contributed by atoms with Crippen LogP contribution in [0.25, 0.3) is 0 Å². The number of nitrogens with one attached hydrogen (secondary N) is 1. The molecule has 0 rings (SSSR count). The number of aliphatic hydroxyl groups excluding tert-OH is 2. The van der Waals surface area contributed by atoms with E-state index in [1.165, 1.54) is 244 Å². The third-order valence-corrected chi connectivity index (χ3v) is 14.6. The van der Waals surface area contributed by atoms with Crippen LogP contribution >= 0.6 is 0 Å². The lowest BCUT2D eigenvalue weighted by Gasteiger charge is -2.20. The van der Waals surface area contributed by atoms with Crippen LogP contribution in [0.15, 0.2) is 48.6 Å². The molecule has 0 aliphatic carbocycles. The van der Waals surface area contributed by atoms with Gasteiger partial charge in [0.1, 0.15) is 0 Å². The summed E-state index contributed by atoms with van der Waals surface area (Å²) in [7, 11) is 0. The number of aliphatic hydroxyl groups is 2. The molecule has 3 N–H and O–H groups in total. The molecule has 0 heterocycles. The Kier molecular flexibility index (Phi) is 59.5. The Labute approximate surface area is 448 Å². The van der Waals surface area contributed by atoms with Gasteiger partial charge in [-0.2, -0.15) is 0 Å². The van der Waals surface area contributed by atoms with E-state index < -0.39 is 12.1 Å². The Bertz CT molecular complexity index is 1210. The summed E-state index contributed by atoms with van der Waals surface area (Å²) in [6.07, 6.45) is 78.7. The first-order valence-corrected chi connectivity index (χ1v) is 31.9. The average Bonchev–Trinajstić information content (AvgIpc) is 3.38. The number of ether oxygens (including phenoxy) is 1. The van der Waals surface area contributed by atoms with Gasteiger partial charge < -0.3 is 20.3 Å². The van der Waals surface area contributed by atoms with Crippen LogP contribution in [0.3, 0.4) is 0 Å². The molecule has 0 fully saturated rings. The molecule has 422 valence electrons. The molecule has 0 aliphatic rings. The van der Waals surface area contributed by atoms with Crippen molar-refractivity contribution in [2.75, 3.05) is 13.2 Å². The second-order valence-electron chi connectivity index (χ2n) is 21.7. The minimum Gasteiger partial charge on any atom is -0.466 e. The summed E-state index contributed by atoms with van der Waals surface area (Å²) in [5.41, 5.74) is 0. The molecule has 0 bridgehead atoms. The molecule has 72 heavy (non-hydrogen) atoms. The van der Waals surface area contributed by atoms with E-state index in [1.54, 1.807) is 6.08 Å². The zero-order chi connectivity index (χ0) is 52.2. The lowest BCUT2D eigenvalue weighted by Crippen LogP contribution is -2.45. The molecular formula is C66H123NO5. The molecule has 0 spiro atoms. The van der Waals surface area contributed by atoms with Crippen molar-refractivity contribution in [1.82, 2.24) is 5.32 Å². The molecule has 0 aromatic rings. The number of hydrogen-bond donors (Lipinski definition) is 3. The fourth-order valence-electron chi connectivity index (χ4n) is 9.65. The summed E-state index contributed by atoms with van der Waals surface area (Å²) >= 11 is 0. The van der Waals surface area contributed by atoms with E-state index >= 15 is 0 Å². The molecule has 6 heteroatoms. The third-order valence-electron chi connectivity index (χ3n) is 14.6. The van der Waals surface area contributed by atoms with Gasteiger partial charge in [0.15, 0.2) is 0 Å². The van der Waals surface area contributed by atoms with Gasteiger partial charge in [-0.15, -0.1) is 0 Å². The molecule has 0 radical (unpaired) electrons. The third kappa shape index (κ3) is 57.1. The van der Waals surface area contributed by atoms with Crippen LogP contribution in [0.2, 0.25) is 0 Å². The highest BCUT2D eigenvalue weighted by molar-refractivity contribution is 5.76. The van der Waals surface area contributed by atoms with Crippen molar-refractivity contribution in [1.29, 1.82) is 0 Å². The number of hydrogen-bond acceptors (Lipinski definition) is 5. The van der Waals surface area contributed by atoms with Gasteiger partial charge >= 0.3 is 5.97 Å². The molecule has 0 saturated heterocycles. The van der Waals surface area contributed by atoms with Crippen molar-refractivity contribution in [2.45, 2.75) is 347 Å². The molecule has 0 aromatic heterocycles. The molecule has 0 aliphatic heterocycles. The normalized spacial score (nSPS) is 12.9. The molecule has 0 saturated carbocycles. The Morgan fingerprint density at radius 2 is 0.708 bits per heavy atom. The minimum absolute atomic E-state index is 0.0173. The Hall–Kier alpha value is -2.18. The number of rotatable bonds is 59. The standard InChI is InChI=1S/C66H123NO5/c1-3-5-7-9-11-13-15-17-19-20-21-22-23-24-25-26-28-31-34-38-42-46-50-54-58-64(69)63(62-68)67-65(70)59-55-51-47-43-39-35-32-29-27-30-33-37-41-45-49-53-57-61-72-66(71)60-56-52-48-44-40-36-18-16-14-12-10-8-6-4-2/h10,12,16,18,27,30,54,58,63-64,68-69H,3-9,11,13-15,17,19-26,28-29,31-53,55-57,59-62H2,1-2H3,(H,67,70)/b12-10-,18-16-,30-27-,58-54+. The predicted molar refractivity (Wildman–Crippen MR) is 315 cm³/mol. The summed E-state index contributed by atoms with van der Waals surface area (Å²) in [4.78, 5) is 24.5. The first-order valence-electron chi connectivity index (χ1n) is 31.9. The first kappa shape index (κ1) is 69.8. The van der Waals surface area contributed by atoms with Gasteiger partial charge in [0, 0.05) is 12.8 Å². The van der Waals surface area contributed by atoms with Crippen LogP contribution in [0.1, 0.15) is 335 Å². The maximum absolute atomic E-state index is 12.5. The Morgan fingerprint density at radius 1 is 0.389 bits per heavy atom. The van der Waals surface area contributed by atoms with Gasteiger partial charge in [0.2, 0.25) is 5.91 Å². The van der Waals surface area contributed by atoms with E-state index in [0.717, 1.165) is 64.2 Å². The molecular weight excluding hydrogens is 887 g/mol. The highest BCUT2D eigenvalue weighted by atomic mass is 16.5. The smallest absolute Gasteiger partial charge is 0.305 e. The number of carbonyl (C=O) groups is 2. The number of carbonyl (C=O) groups excluding carboxylic acids is 2. The predicted octanol–water partition coefficient (Wildman–Crippen LogP) is 20.1. The topological polar surface area (TPSA) is 95.9 Å². The van der Waals surface area contributed by atoms with Gasteiger partial charge in [-0.3, -0.25) is 9.59 Å². The summed E-state index contributed by atoms with van der Waals surface area (Å²) < 4.78 is 5.46. The van der Waals surface area contributed by atoms with Crippen LogP contribution in [-0.4, -0.2) is 47.4 Å². The van der Waals surface area contributed by atoms with E-state index in [9.17, 15) is 19.8 Å². The van der Waals surface area contributed by atoms with Crippen molar-refractivity contribution >= 4 is 11.9 Å². The van der Waals surface area contributed by atoms with Crippen LogP contribution in [0.5, 0.6) is 0 Å². The number of amides is 1. The Balaban J connectivity index is 3.50. The zero-order valence-electron chi connectivity index (χ0n) is 48.2. The molecule has 2 unspecified atom stereocenters. The summed E-state index contributed by atoms with van der Waals surface area (Å²) in [6.45, 7) is 4.85. The zero-order valence-corrected chi connectivity index (χ0v) is 48.2. The lowest BCUT2D eigenvalue weighted by atomic mass is 10.0. The van der Waals surface area contributed by atoms with Crippen LogP contribution in [-0.2, 0) is 14.3 Å². The van der Waals surface area contributed by atoms with E-state index in [0.29, 0.717) is 19.4 Å². The first-order chi connectivity index (χ1) is 35.5. The fourth-order valence-corrected chi connectivity index (χ4v) is 9.65. The summed E-state index contributed by atoms with van der Waals surface area (Å²) in [5.74, 6) is -0.0954. The monoisotopic (exact) mass is 1010 g/mol. The highest BCUT2D eigenvalue weighted by Gasteiger charge is 2.18. The fraction of sp³-hybridized carbons (Fsp3) is 0.848. The van der Waals surface area contributed by atoms with Crippen molar-refractivity contribution in [3.8, 4) is 0 Å². The van der Waals surface area contributed by atoms with E-state index in [1.807, 2.05) is 6.08 Å². The van der Waals surface area contributed by atoms with Gasteiger partial charge in [0.05, 0.1) is 25.4 Å². The molecule has 0 aromatic carbocycles. The van der Waals surface area contributed by atoms with Crippen molar-refractivity contribution in [3.05, 3.63) is 48.6 Å². The van der Waals surface area contributed by atoms with E-state index in [-0.39, 0.29) is 18.5 Å². The van der Waals surface area contributed by atoms with Gasteiger partial charge in [-0.1, -0.05) is 287 Å². The SMILES string of the molecule is CCCC/C=C\C/C=C\CCCCCCCC(=O)OCCCCCCCC/C=C\CCCCCCCCCC(=O)NC(CO)C(O)/C=C/CCCCCCCCCCCCCCCCCCCCCCCC. The van der Waals surface area contributed by atoms with Gasteiger partial charge in [-0.05, 0) is 83.5 Å². The van der Waals surface area contributed by atoms with Gasteiger partial charge in [0.25, 0.3) is 0 Å². The number of unbranched alkanes of at least 4 members (excludes halogenated alkanes) is 42. The average molecular weight is 1010 g/mol. The number of allylic oxidation sites excluding steroid dienone is 7. The number of esters is 1. The van der Waals surface area contributed by atoms with Crippen molar-refractivity contribution in [3.63, 3.8) is 0 Å². The van der Waals surface area contributed by atoms with Crippen LogP contribution in [0, 0.1) is 0 Å². The maximum Gasteiger partial charge on any atom is 0.305 e. The lowest BCUT2D eigenvalue weighted by molar-refractivity contribution is -0.143. The minimum atomic E-state index is -0.855. The second kappa shape index (κ2) is 61.4. The van der Waals surface area contributed by atoms with Crippen LogP contribution in [0.4, 0.5) is 0 Å². The summed E-state index contributed by atoms with van der Waals surface area (Å²) in [6, 6.07) is -0.640.